The first-order chi connectivity index (χ1) is 8.82. The van der Waals surface area contributed by atoms with Gasteiger partial charge in [0.1, 0.15) is 5.82 Å². The zero-order valence-corrected chi connectivity index (χ0v) is 11.2. The molecule has 0 bridgehead atoms. The number of nitrogens with zero attached hydrogens (tertiary/aromatic N) is 3. The SMILES string of the molecule is CNc1cc(C(F)(F)F)nc(NCCCN(C)C)n1. The van der Waals surface area contributed by atoms with Crippen LogP contribution in [0.5, 0.6) is 0 Å². The second kappa shape index (κ2) is 6.55. The summed E-state index contributed by atoms with van der Waals surface area (Å²) < 4.78 is 37.9. The second-order valence-electron chi connectivity index (χ2n) is 4.29. The van der Waals surface area contributed by atoms with Crippen molar-refractivity contribution >= 4 is 11.8 Å². The van der Waals surface area contributed by atoms with Crippen LogP contribution in [0.4, 0.5) is 24.9 Å². The van der Waals surface area contributed by atoms with Crippen LogP contribution in [0.15, 0.2) is 6.07 Å². The van der Waals surface area contributed by atoms with E-state index in [-0.39, 0.29) is 11.8 Å². The number of aromatic nitrogens is 2. The van der Waals surface area contributed by atoms with E-state index < -0.39 is 11.9 Å². The van der Waals surface area contributed by atoms with Crippen LogP contribution in [0.3, 0.4) is 0 Å². The molecule has 0 aliphatic rings. The van der Waals surface area contributed by atoms with Crippen LogP contribution < -0.4 is 10.6 Å². The van der Waals surface area contributed by atoms with E-state index in [1.165, 1.54) is 7.05 Å². The Morgan fingerprint density at radius 3 is 2.47 bits per heavy atom. The molecule has 0 atom stereocenters. The highest BCUT2D eigenvalue weighted by atomic mass is 19.4. The standard InChI is InChI=1S/C11H18F3N5/c1-15-9-7-8(11(12,13)14)17-10(18-9)16-5-4-6-19(2)3/h7H,4-6H2,1-3H3,(H2,15,16,17,18). The molecule has 0 amide bonds. The number of hydrogen-bond acceptors (Lipinski definition) is 5. The third-order valence-corrected chi connectivity index (χ3v) is 2.34. The average Bonchev–Trinajstić information content (AvgIpc) is 2.33. The van der Waals surface area contributed by atoms with Gasteiger partial charge < -0.3 is 15.5 Å². The van der Waals surface area contributed by atoms with Crippen LogP contribution >= 0.6 is 0 Å². The molecule has 0 spiro atoms. The fourth-order valence-electron chi connectivity index (χ4n) is 1.40. The summed E-state index contributed by atoms with van der Waals surface area (Å²) in [6.45, 7) is 1.35. The van der Waals surface area contributed by atoms with Gasteiger partial charge in [0.2, 0.25) is 5.95 Å². The lowest BCUT2D eigenvalue weighted by molar-refractivity contribution is -0.141. The fraction of sp³-hybridized carbons (Fsp3) is 0.636. The number of anilines is 2. The van der Waals surface area contributed by atoms with E-state index in [4.69, 9.17) is 0 Å². The molecule has 0 aromatic carbocycles. The van der Waals surface area contributed by atoms with Crippen molar-refractivity contribution in [2.45, 2.75) is 12.6 Å². The van der Waals surface area contributed by atoms with Crippen LogP contribution in [-0.2, 0) is 6.18 Å². The molecular weight excluding hydrogens is 259 g/mol. The van der Waals surface area contributed by atoms with Gasteiger partial charge in [0, 0.05) is 19.7 Å². The predicted octanol–water partition coefficient (Wildman–Crippen LogP) is 1.90. The van der Waals surface area contributed by atoms with E-state index in [0.29, 0.717) is 6.54 Å². The summed E-state index contributed by atoms with van der Waals surface area (Å²) in [5.74, 6) is 0.121. The molecule has 1 rings (SSSR count). The van der Waals surface area contributed by atoms with Gasteiger partial charge in [0.25, 0.3) is 0 Å². The summed E-state index contributed by atoms with van der Waals surface area (Å²) >= 11 is 0. The Labute approximate surface area is 110 Å². The first-order valence-corrected chi connectivity index (χ1v) is 5.85. The number of nitrogens with one attached hydrogen (secondary N) is 2. The van der Waals surface area contributed by atoms with Gasteiger partial charge in [0.15, 0.2) is 5.69 Å². The lowest BCUT2D eigenvalue weighted by Crippen LogP contribution is -2.18. The molecule has 8 heteroatoms. The third-order valence-electron chi connectivity index (χ3n) is 2.34. The Balaban J connectivity index is 2.72. The van der Waals surface area contributed by atoms with E-state index >= 15 is 0 Å². The molecule has 0 fully saturated rings. The van der Waals surface area contributed by atoms with E-state index in [1.54, 1.807) is 0 Å². The highest BCUT2D eigenvalue weighted by Gasteiger charge is 2.33. The third kappa shape index (κ3) is 5.29. The predicted molar refractivity (Wildman–Crippen MR) is 68.2 cm³/mol. The summed E-state index contributed by atoms with van der Waals surface area (Å²) in [6, 6.07) is 0.880. The van der Waals surface area contributed by atoms with Gasteiger partial charge in [-0.25, -0.2) is 4.98 Å². The largest absolute Gasteiger partial charge is 0.433 e. The van der Waals surface area contributed by atoms with Gasteiger partial charge in [-0.3, -0.25) is 0 Å². The smallest absolute Gasteiger partial charge is 0.373 e. The summed E-state index contributed by atoms with van der Waals surface area (Å²) in [4.78, 5) is 9.40. The second-order valence-corrected chi connectivity index (χ2v) is 4.29. The molecule has 0 aliphatic carbocycles. The van der Waals surface area contributed by atoms with Crippen molar-refractivity contribution in [3.8, 4) is 0 Å². The molecule has 108 valence electrons. The Morgan fingerprint density at radius 1 is 1.26 bits per heavy atom. The number of hydrogen-bond donors (Lipinski definition) is 2. The molecule has 1 aromatic heterocycles. The zero-order valence-electron chi connectivity index (χ0n) is 11.2. The molecular formula is C11H18F3N5. The van der Waals surface area contributed by atoms with Gasteiger partial charge in [-0.05, 0) is 27.1 Å². The number of alkyl halides is 3. The zero-order chi connectivity index (χ0) is 14.5. The average molecular weight is 277 g/mol. The molecule has 19 heavy (non-hydrogen) atoms. The Hall–Kier alpha value is -1.57. The van der Waals surface area contributed by atoms with Gasteiger partial charge in [0.05, 0.1) is 0 Å². The van der Waals surface area contributed by atoms with E-state index in [2.05, 4.69) is 20.6 Å². The van der Waals surface area contributed by atoms with Crippen molar-refractivity contribution < 1.29 is 13.2 Å². The molecule has 0 saturated carbocycles. The normalized spacial score (nSPS) is 11.7. The highest BCUT2D eigenvalue weighted by Crippen LogP contribution is 2.29. The molecule has 2 N–H and O–H groups in total. The molecule has 5 nitrogen and oxygen atoms in total. The maximum atomic E-state index is 12.6. The van der Waals surface area contributed by atoms with Crippen LogP contribution in [0.1, 0.15) is 12.1 Å². The summed E-state index contributed by atoms with van der Waals surface area (Å²) in [5.41, 5.74) is -0.957. The van der Waals surface area contributed by atoms with Crippen molar-refractivity contribution in [3.63, 3.8) is 0 Å². The van der Waals surface area contributed by atoms with E-state index in [9.17, 15) is 13.2 Å². The lowest BCUT2D eigenvalue weighted by atomic mass is 10.3. The quantitative estimate of drug-likeness (QED) is 0.778. The van der Waals surface area contributed by atoms with E-state index in [1.807, 2.05) is 19.0 Å². The monoisotopic (exact) mass is 277 g/mol. The number of rotatable bonds is 6. The highest BCUT2D eigenvalue weighted by molar-refractivity contribution is 5.42. The van der Waals surface area contributed by atoms with Crippen molar-refractivity contribution in [2.24, 2.45) is 0 Å². The summed E-state index contributed by atoms with van der Waals surface area (Å²) in [5, 5.41) is 5.39. The molecule has 0 unspecified atom stereocenters. The summed E-state index contributed by atoms with van der Waals surface area (Å²) in [7, 11) is 5.37. The van der Waals surface area contributed by atoms with Gasteiger partial charge in [-0.15, -0.1) is 0 Å². The topological polar surface area (TPSA) is 53.1 Å². The lowest BCUT2D eigenvalue weighted by Gasteiger charge is -2.12. The first-order valence-electron chi connectivity index (χ1n) is 5.85. The molecule has 0 saturated heterocycles. The summed E-state index contributed by atoms with van der Waals surface area (Å²) in [6.07, 6.45) is -3.68. The molecule has 0 radical (unpaired) electrons. The molecule has 1 aromatic rings. The Bertz CT molecular complexity index is 406. The minimum atomic E-state index is -4.48. The van der Waals surface area contributed by atoms with Gasteiger partial charge >= 0.3 is 6.18 Å². The molecule has 1 heterocycles. The fourth-order valence-corrected chi connectivity index (χ4v) is 1.40. The van der Waals surface area contributed by atoms with Crippen molar-refractivity contribution in [3.05, 3.63) is 11.8 Å². The van der Waals surface area contributed by atoms with Crippen molar-refractivity contribution in [2.75, 3.05) is 44.9 Å². The number of halogens is 3. The maximum absolute atomic E-state index is 12.6. The van der Waals surface area contributed by atoms with Crippen LogP contribution in [0, 0.1) is 0 Å². The Morgan fingerprint density at radius 2 is 1.95 bits per heavy atom. The Kier molecular flexibility index (Phi) is 5.34. The minimum absolute atomic E-state index is 0.0158. The first kappa shape index (κ1) is 15.5. The van der Waals surface area contributed by atoms with E-state index in [0.717, 1.165) is 19.0 Å². The maximum Gasteiger partial charge on any atom is 0.433 e. The van der Waals surface area contributed by atoms with Crippen LogP contribution in [-0.4, -0.2) is 49.1 Å². The minimum Gasteiger partial charge on any atom is -0.373 e. The molecule has 0 aliphatic heterocycles. The van der Waals surface area contributed by atoms with Crippen LogP contribution in [0.25, 0.3) is 0 Å². The van der Waals surface area contributed by atoms with Crippen LogP contribution in [0.2, 0.25) is 0 Å². The van der Waals surface area contributed by atoms with Gasteiger partial charge in [-0.2, -0.15) is 18.2 Å². The van der Waals surface area contributed by atoms with Gasteiger partial charge in [-0.1, -0.05) is 0 Å². The van der Waals surface area contributed by atoms with Crippen molar-refractivity contribution in [1.29, 1.82) is 0 Å². The van der Waals surface area contributed by atoms with Crippen molar-refractivity contribution in [1.82, 2.24) is 14.9 Å².